The van der Waals surface area contributed by atoms with Crippen molar-refractivity contribution in [2.24, 2.45) is 0 Å². The SMILES string of the molecule is C=Cc1ccc(Oc2ccc(C3(c4cc(C)ccc4C)c4ccccc4-c4ccc(N(c5ccc(F)cc5)c5ccc(-c6ccc(N(c7ccc(F)cc7)c7ccc8c(c7)oc7cc(N(c9ccc(F)cc9)c9ccc(-c%10ccc(N(c%11ccc(F)cc%11)c%11ccc%12c(c%11)C(c%11ccc(Oc%13ccc(C=C)cc%13)cc%11)(c%11cc(C)ccc%11C)c%11ccccc%11-%12)cc%10)cc9)ccc78)cc6)cc5)cc43)cc2)cc1. The highest BCUT2D eigenvalue weighted by molar-refractivity contribution is 6.08. The molecule has 0 saturated carbocycles. The van der Waals surface area contributed by atoms with E-state index in [0.29, 0.717) is 11.2 Å². The van der Waals surface area contributed by atoms with Gasteiger partial charge in [0.2, 0.25) is 0 Å². The maximum atomic E-state index is 15.1. The summed E-state index contributed by atoms with van der Waals surface area (Å²) in [6, 6.07) is 150. The zero-order chi connectivity index (χ0) is 95.7. The van der Waals surface area contributed by atoms with Gasteiger partial charge < -0.3 is 33.5 Å². The van der Waals surface area contributed by atoms with Crippen molar-refractivity contribution in [3.8, 4) is 67.5 Å². The predicted octanol–water partition coefficient (Wildman–Crippen LogP) is 36.2. The molecule has 0 radical (unpaired) electrons. The van der Waals surface area contributed by atoms with E-state index in [0.717, 1.165) is 202 Å². The van der Waals surface area contributed by atoms with E-state index < -0.39 is 10.8 Å². The van der Waals surface area contributed by atoms with E-state index in [1.165, 1.54) is 70.8 Å². The normalized spacial score (nSPS) is 13.8. The number of fused-ring (bicyclic) bond motifs is 9. The number of aryl methyl sites for hydroxylation is 4. The fourth-order valence-corrected chi connectivity index (χ4v) is 21.2. The number of furan rings is 1. The summed E-state index contributed by atoms with van der Waals surface area (Å²) in [7, 11) is 0. The van der Waals surface area contributed by atoms with E-state index in [-0.39, 0.29) is 23.3 Å². The van der Waals surface area contributed by atoms with E-state index >= 15 is 17.6 Å². The van der Waals surface area contributed by atoms with Gasteiger partial charge in [0.25, 0.3) is 0 Å². The number of halogens is 4. The molecule has 2 aliphatic carbocycles. The summed E-state index contributed by atoms with van der Waals surface area (Å²) in [6.07, 6.45) is 3.64. The molecule has 1 heterocycles. The first-order valence-corrected chi connectivity index (χ1v) is 47.2. The van der Waals surface area contributed by atoms with Gasteiger partial charge >= 0.3 is 0 Å². The summed E-state index contributed by atoms with van der Waals surface area (Å²) in [4.78, 5) is 8.58. The zero-order valence-electron chi connectivity index (χ0n) is 77.8. The topological polar surface area (TPSA) is 44.6 Å². The highest BCUT2D eigenvalue weighted by atomic mass is 19.1. The third-order valence-electron chi connectivity index (χ3n) is 27.9. The Morgan fingerprint density at radius 1 is 0.234 bits per heavy atom. The predicted molar refractivity (Wildman–Crippen MR) is 570 cm³/mol. The Morgan fingerprint density at radius 3 is 0.787 bits per heavy atom. The second kappa shape index (κ2) is 36.0. The molecule has 0 fully saturated rings. The van der Waals surface area contributed by atoms with E-state index in [2.05, 4.69) is 352 Å². The first kappa shape index (κ1) is 87.3. The van der Waals surface area contributed by atoms with Crippen LogP contribution in [0.15, 0.2) is 466 Å². The minimum absolute atomic E-state index is 0.333. The van der Waals surface area contributed by atoms with E-state index in [1.807, 2.05) is 97.1 Å². The summed E-state index contributed by atoms with van der Waals surface area (Å²) < 4.78 is 80.2. The van der Waals surface area contributed by atoms with Gasteiger partial charge in [0, 0.05) is 91.2 Å². The smallest absolute Gasteiger partial charge is 0.137 e. The molecule has 20 aromatic carbocycles. The van der Waals surface area contributed by atoms with Gasteiger partial charge in [0.05, 0.1) is 10.8 Å². The Kier molecular flexibility index (Phi) is 22.3. The molecule has 2 atom stereocenters. The number of hydrogen-bond donors (Lipinski definition) is 0. The van der Waals surface area contributed by atoms with Crippen molar-refractivity contribution >= 4 is 102 Å². The molecule has 0 N–H and O–H groups in total. The highest BCUT2D eigenvalue weighted by Crippen LogP contribution is 2.61. The van der Waals surface area contributed by atoms with Crippen LogP contribution in [-0.4, -0.2) is 0 Å². The van der Waals surface area contributed by atoms with E-state index in [1.54, 1.807) is 24.3 Å². The van der Waals surface area contributed by atoms with Crippen LogP contribution >= 0.6 is 0 Å². The van der Waals surface area contributed by atoms with Gasteiger partial charge in [-0.05, 0) is 382 Å². The van der Waals surface area contributed by atoms with Crippen molar-refractivity contribution in [3.05, 3.63) is 563 Å². The molecule has 23 rings (SSSR count). The summed E-state index contributed by atoms with van der Waals surface area (Å²) in [6.45, 7) is 16.6. The monoisotopic (exact) mass is 1830 g/mol. The third-order valence-corrected chi connectivity index (χ3v) is 27.9. The largest absolute Gasteiger partial charge is 0.457 e. The lowest BCUT2D eigenvalue weighted by Crippen LogP contribution is -2.30. The first-order chi connectivity index (χ1) is 69.0. The molecular formula is C130H92F4N4O3. The van der Waals surface area contributed by atoms with Gasteiger partial charge in [0.1, 0.15) is 57.4 Å². The third kappa shape index (κ3) is 15.8. The Balaban J connectivity index is 0.539. The number of ether oxygens (including phenoxy) is 2. The van der Waals surface area contributed by atoms with Crippen LogP contribution in [0.25, 0.3) is 78.6 Å². The quantitative estimate of drug-likeness (QED) is 0.0559. The van der Waals surface area contributed by atoms with Crippen LogP contribution in [0.2, 0.25) is 0 Å². The van der Waals surface area contributed by atoms with Crippen molar-refractivity contribution in [1.29, 1.82) is 0 Å². The van der Waals surface area contributed by atoms with Crippen molar-refractivity contribution in [3.63, 3.8) is 0 Å². The molecule has 11 heteroatoms. The molecule has 2 unspecified atom stereocenters. The molecule has 0 amide bonds. The number of rotatable bonds is 24. The fourth-order valence-electron chi connectivity index (χ4n) is 21.2. The number of benzene rings is 20. The van der Waals surface area contributed by atoms with E-state index in [9.17, 15) is 0 Å². The van der Waals surface area contributed by atoms with Crippen LogP contribution in [0.4, 0.5) is 85.8 Å². The minimum atomic E-state index is -0.763. The van der Waals surface area contributed by atoms with Crippen LogP contribution in [0.5, 0.6) is 23.0 Å². The Morgan fingerprint density at radius 2 is 0.489 bits per heavy atom. The van der Waals surface area contributed by atoms with Gasteiger partial charge in [-0.1, -0.05) is 231 Å². The molecule has 0 aliphatic heterocycles. The van der Waals surface area contributed by atoms with Crippen LogP contribution in [-0.2, 0) is 10.8 Å². The molecule has 2 aliphatic rings. The second-order valence-corrected chi connectivity index (χ2v) is 36.4. The molecule has 7 nitrogen and oxygen atoms in total. The Bertz CT molecular complexity index is 7870. The van der Waals surface area contributed by atoms with Crippen molar-refractivity contribution in [2.75, 3.05) is 19.6 Å². The number of anilines is 12. The lowest BCUT2D eigenvalue weighted by atomic mass is 9.66. The molecule has 1 aromatic heterocycles. The molecule has 0 bridgehead atoms. The summed E-state index contributed by atoms with van der Waals surface area (Å²) in [5.74, 6) is 1.52. The lowest BCUT2D eigenvalue weighted by Gasteiger charge is -2.36. The van der Waals surface area contributed by atoms with Crippen LogP contribution in [0, 0.1) is 51.0 Å². The number of hydrogen-bond acceptors (Lipinski definition) is 7. The standard InChI is InChI=1S/C130H92F4N4O3/c1-7-87-21-65-111(66-22-87)139-113-69-33-93(34-70-113)129(123-77-83(3)17-19-85(123)5)121-15-11-9-13-115(121)117-73-61-107(79-125(117)129)135(103-53-37-95(131)38-54-103)99-45-25-89(26-46-99)91-29-49-101(50-30-91)137(105-57-41-97(133)42-58-105)109-63-75-119-120-76-64-110(82-128(120)141-127(119)81-109)138(106-59-43-98(134)44-60-106)102-51-31-92(32-52-102)90-27-47-100(48-28-90)136(104-55-39-96(132)40-56-104)108-62-74-118-116-14-10-12-16-122(116)130(126(118)80-108,124-78-84(4)18-20-86(124)6)94-35-71-114(72-36-94)140-112-67-23-88(8-2)24-68-112/h7-82H,1-2H2,3-6H3. The molecule has 141 heavy (non-hydrogen) atoms. The van der Waals surface area contributed by atoms with Crippen LogP contribution < -0.4 is 29.1 Å². The lowest BCUT2D eigenvalue weighted by molar-refractivity contribution is 0.482. The number of nitrogens with zero attached hydrogens (tertiary/aromatic N) is 4. The van der Waals surface area contributed by atoms with Gasteiger partial charge in [-0.15, -0.1) is 0 Å². The van der Waals surface area contributed by atoms with Crippen LogP contribution in [0.3, 0.4) is 0 Å². The highest BCUT2D eigenvalue weighted by Gasteiger charge is 2.49. The molecule has 0 spiro atoms. The van der Waals surface area contributed by atoms with Gasteiger partial charge in [-0.2, -0.15) is 0 Å². The van der Waals surface area contributed by atoms with Gasteiger partial charge in [0.15, 0.2) is 0 Å². The van der Waals surface area contributed by atoms with E-state index in [4.69, 9.17) is 13.9 Å². The van der Waals surface area contributed by atoms with Crippen LogP contribution in [0.1, 0.15) is 77.9 Å². The average Bonchev–Trinajstić information content (AvgIpc) is 1.55. The zero-order valence-corrected chi connectivity index (χ0v) is 77.8. The fraction of sp³-hybridized carbons (Fsp3) is 0.0462. The molecule has 0 saturated heterocycles. The molecule has 21 aromatic rings. The first-order valence-electron chi connectivity index (χ1n) is 47.2. The summed E-state index contributed by atoms with van der Waals surface area (Å²) in [5.41, 5.74) is 33.7. The van der Waals surface area contributed by atoms with Gasteiger partial charge in [-0.25, -0.2) is 17.6 Å². The minimum Gasteiger partial charge on any atom is -0.457 e. The maximum Gasteiger partial charge on any atom is 0.137 e. The average molecular weight is 1830 g/mol. The Labute approximate surface area is 817 Å². The molecular weight excluding hydrogens is 1740 g/mol. The van der Waals surface area contributed by atoms with Gasteiger partial charge in [-0.3, -0.25) is 0 Å². The van der Waals surface area contributed by atoms with Crippen molar-refractivity contribution in [1.82, 2.24) is 0 Å². The van der Waals surface area contributed by atoms with Crippen molar-refractivity contribution < 1.29 is 31.5 Å². The Hall–Kier alpha value is -17.8. The maximum absolute atomic E-state index is 15.1. The molecule has 678 valence electrons. The van der Waals surface area contributed by atoms with Crippen molar-refractivity contribution in [2.45, 2.75) is 38.5 Å². The summed E-state index contributed by atoms with van der Waals surface area (Å²) in [5, 5.41) is 1.80. The summed E-state index contributed by atoms with van der Waals surface area (Å²) >= 11 is 0. The second-order valence-electron chi connectivity index (χ2n) is 36.4.